The van der Waals surface area contributed by atoms with Gasteiger partial charge in [-0.25, -0.2) is 13.2 Å². The van der Waals surface area contributed by atoms with Gasteiger partial charge in [0.15, 0.2) is 16.8 Å². The maximum absolute atomic E-state index is 13.3. The molecule has 0 saturated heterocycles. The zero-order chi connectivity index (χ0) is 12.4. The molecule has 0 spiro atoms. The third-order valence-corrected chi connectivity index (χ3v) is 3.68. The molecule has 92 valence electrons. The molecule has 0 saturated carbocycles. The summed E-state index contributed by atoms with van der Waals surface area (Å²) < 4.78 is 39.4. The Kier molecular flexibility index (Phi) is 3.61. The number of benzene rings is 1. The lowest BCUT2D eigenvalue weighted by Gasteiger charge is -2.09. The minimum Gasteiger partial charge on any atom is -0.330 e. The minimum atomic E-state index is -0.953. The van der Waals surface area contributed by atoms with Crippen molar-refractivity contribution in [1.82, 2.24) is 0 Å². The number of nitrogens with zero attached hydrogens (tertiary/aromatic N) is 1. The van der Waals surface area contributed by atoms with Gasteiger partial charge in [0, 0.05) is 17.4 Å². The van der Waals surface area contributed by atoms with Crippen molar-refractivity contribution >= 4 is 22.6 Å². The Morgan fingerprint density at radius 1 is 1.35 bits per heavy atom. The van der Waals surface area contributed by atoms with Crippen LogP contribution in [0.2, 0.25) is 0 Å². The molecule has 0 radical (unpaired) electrons. The molecule has 0 aromatic heterocycles. The van der Waals surface area contributed by atoms with Gasteiger partial charge in [-0.3, -0.25) is 4.99 Å². The van der Waals surface area contributed by atoms with Gasteiger partial charge in [-0.2, -0.15) is 0 Å². The smallest absolute Gasteiger partial charge is 0.161 e. The molecule has 1 aliphatic heterocycles. The van der Waals surface area contributed by atoms with E-state index in [0.29, 0.717) is 29.1 Å². The SMILES string of the molecule is CCC1CN=C(Nc2c(F)cc(F)cc2F)S1. The van der Waals surface area contributed by atoms with E-state index in [1.807, 2.05) is 6.92 Å². The Morgan fingerprint density at radius 3 is 2.53 bits per heavy atom. The van der Waals surface area contributed by atoms with Crippen LogP contribution in [0, 0.1) is 17.5 Å². The van der Waals surface area contributed by atoms with Crippen molar-refractivity contribution in [3.8, 4) is 0 Å². The van der Waals surface area contributed by atoms with E-state index in [2.05, 4.69) is 10.3 Å². The van der Waals surface area contributed by atoms with Gasteiger partial charge in [-0.05, 0) is 6.42 Å². The summed E-state index contributed by atoms with van der Waals surface area (Å²) in [4.78, 5) is 4.13. The average molecular weight is 260 g/mol. The van der Waals surface area contributed by atoms with Gasteiger partial charge >= 0.3 is 0 Å². The summed E-state index contributed by atoms with van der Waals surface area (Å²) in [7, 11) is 0. The number of thioether (sulfide) groups is 1. The van der Waals surface area contributed by atoms with Crippen molar-refractivity contribution in [2.45, 2.75) is 18.6 Å². The first-order valence-corrected chi connectivity index (χ1v) is 6.10. The molecule has 2 rings (SSSR count). The first kappa shape index (κ1) is 12.3. The minimum absolute atomic E-state index is 0.337. The fourth-order valence-electron chi connectivity index (χ4n) is 1.47. The van der Waals surface area contributed by atoms with Crippen molar-refractivity contribution in [2.24, 2.45) is 4.99 Å². The standard InChI is InChI=1S/C11H11F3N2S/c1-2-7-5-15-11(17-7)16-10-8(13)3-6(12)4-9(10)14/h3-4,7H,2,5H2,1H3,(H,15,16). The summed E-state index contributed by atoms with van der Waals surface area (Å²) in [6.07, 6.45) is 0.938. The van der Waals surface area contributed by atoms with E-state index in [1.165, 1.54) is 11.8 Å². The van der Waals surface area contributed by atoms with E-state index >= 15 is 0 Å². The molecule has 1 atom stereocenters. The second kappa shape index (κ2) is 5.00. The number of nitrogens with one attached hydrogen (secondary N) is 1. The summed E-state index contributed by atoms with van der Waals surface area (Å²) in [6, 6.07) is 1.28. The Hall–Kier alpha value is -1.17. The molecule has 1 aromatic carbocycles. The summed E-state index contributed by atoms with van der Waals surface area (Å²) >= 11 is 1.44. The molecular weight excluding hydrogens is 249 g/mol. The number of amidine groups is 1. The molecule has 1 aliphatic rings. The molecular formula is C11H11F3N2S. The van der Waals surface area contributed by atoms with Gasteiger partial charge < -0.3 is 5.32 Å². The first-order chi connectivity index (χ1) is 8.10. The van der Waals surface area contributed by atoms with E-state index in [9.17, 15) is 13.2 Å². The van der Waals surface area contributed by atoms with Gasteiger partial charge in [-0.15, -0.1) is 0 Å². The molecule has 17 heavy (non-hydrogen) atoms. The molecule has 1 heterocycles. The lowest BCUT2D eigenvalue weighted by Crippen LogP contribution is -2.10. The summed E-state index contributed by atoms with van der Waals surface area (Å²) in [5, 5.41) is 3.38. The number of rotatable bonds is 2. The number of anilines is 1. The summed E-state index contributed by atoms with van der Waals surface area (Å²) in [6.45, 7) is 2.66. The molecule has 0 amide bonds. The fourth-order valence-corrected chi connectivity index (χ4v) is 2.41. The molecule has 2 nitrogen and oxygen atoms in total. The monoisotopic (exact) mass is 260 g/mol. The molecule has 1 N–H and O–H groups in total. The van der Waals surface area contributed by atoms with E-state index in [0.717, 1.165) is 6.42 Å². The number of halogens is 3. The van der Waals surface area contributed by atoms with E-state index in [1.54, 1.807) is 0 Å². The Bertz CT molecular complexity index is 439. The fraction of sp³-hybridized carbons (Fsp3) is 0.364. The van der Waals surface area contributed by atoms with Crippen LogP contribution in [0.25, 0.3) is 0 Å². The van der Waals surface area contributed by atoms with Crippen LogP contribution in [-0.4, -0.2) is 17.0 Å². The Labute approximate surface area is 101 Å². The van der Waals surface area contributed by atoms with E-state index in [4.69, 9.17) is 0 Å². The molecule has 1 aromatic rings. The number of aliphatic imine (C=N–C) groups is 1. The van der Waals surface area contributed by atoms with Crippen molar-refractivity contribution in [3.63, 3.8) is 0 Å². The van der Waals surface area contributed by atoms with Crippen LogP contribution in [0.4, 0.5) is 18.9 Å². The van der Waals surface area contributed by atoms with Crippen LogP contribution in [0.3, 0.4) is 0 Å². The zero-order valence-corrected chi connectivity index (χ0v) is 9.95. The van der Waals surface area contributed by atoms with Crippen LogP contribution in [0.5, 0.6) is 0 Å². The highest BCUT2D eigenvalue weighted by atomic mass is 32.2. The topological polar surface area (TPSA) is 24.4 Å². The van der Waals surface area contributed by atoms with Crippen LogP contribution >= 0.6 is 11.8 Å². The highest BCUT2D eigenvalue weighted by Gasteiger charge is 2.20. The second-order valence-corrected chi connectivity index (χ2v) is 4.95. The highest BCUT2D eigenvalue weighted by Crippen LogP contribution is 2.27. The molecule has 0 aliphatic carbocycles. The van der Waals surface area contributed by atoms with Crippen LogP contribution < -0.4 is 5.32 Å². The van der Waals surface area contributed by atoms with E-state index in [-0.39, 0.29) is 5.69 Å². The normalized spacial score (nSPS) is 19.3. The van der Waals surface area contributed by atoms with Crippen LogP contribution in [0.15, 0.2) is 17.1 Å². The first-order valence-electron chi connectivity index (χ1n) is 5.22. The van der Waals surface area contributed by atoms with Gasteiger partial charge in [0.2, 0.25) is 0 Å². The zero-order valence-electron chi connectivity index (χ0n) is 9.14. The third-order valence-electron chi connectivity index (χ3n) is 2.41. The maximum atomic E-state index is 13.3. The largest absolute Gasteiger partial charge is 0.330 e. The van der Waals surface area contributed by atoms with Gasteiger partial charge in [0.05, 0.1) is 6.54 Å². The Balaban J connectivity index is 2.15. The van der Waals surface area contributed by atoms with Gasteiger partial charge in [-0.1, -0.05) is 18.7 Å². The lowest BCUT2D eigenvalue weighted by atomic mass is 10.3. The third kappa shape index (κ3) is 2.74. The predicted octanol–water partition coefficient (Wildman–Crippen LogP) is 3.40. The predicted molar refractivity (Wildman–Crippen MR) is 63.9 cm³/mol. The van der Waals surface area contributed by atoms with Crippen molar-refractivity contribution in [1.29, 1.82) is 0 Å². The Morgan fingerprint density at radius 2 is 2.00 bits per heavy atom. The second-order valence-electron chi connectivity index (χ2n) is 3.66. The average Bonchev–Trinajstić information content (AvgIpc) is 2.71. The van der Waals surface area contributed by atoms with Gasteiger partial charge in [0.25, 0.3) is 0 Å². The number of hydrogen-bond donors (Lipinski definition) is 1. The number of hydrogen-bond acceptors (Lipinski definition) is 3. The molecule has 0 fully saturated rings. The molecule has 1 unspecified atom stereocenters. The van der Waals surface area contributed by atoms with E-state index < -0.39 is 17.5 Å². The summed E-state index contributed by atoms with van der Waals surface area (Å²) in [5.41, 5.74) is -0.352. The van der Waals surface area contributed by atoms with Crippen LogP contribution in [0.1, 0.15) is 13.3 Å². The maximum Gasteiger partial charge on any atom is 0.161 e. The quantitative estimate of drug-likeness (QED) is 0.881. The van der Waals surface area contributed by atoms with Crippen molar-refractivity contribution in [2.75, 3.05) is 11.9 Å². The van der Waals surface area contributed by atoms with Gasteiger partial charge in [0.1, 0.15) is 11.5 Å². The van der Waals surface area contributed by atoms with Crippen molar-refractivity contribution in [3.05, 3.63) is 29.6 Å². The van der Waals surface area contributed by atoms with Crippen molar-refractivity contribution < 1.29 is 13.2 Å². The molecule has 0 bridgehead atoms. The lowest BCUT2D eigenvalue weighted by molar-refractivity contribution is 0.549. The highest BCUT2D eigenvalue weighted by molar-refractivity contribution is 8.15. The molecule has 6 heteroatoms. The summed E-state index contributed by atoms with van der Waals surface area (Å²) in [5.74, 6) is -2.84. The van der Waals surface area contributed by atoms with Crippen LogP contribution in [-0.2, 0) is 0 Å².